The van der Waals surface area contributed by atoms with Crippen molar-refractivity contribution in [3.63, 3.8) is 0 Å². The Kier molecular flexibility index (Phi) is 12.1. The normalized spacial score (nSPS) is 31.5. The number of aromatic hydroxyl groups is 1. The molecule has 0 radical (unpaired) electrons. The molecule has 0 amide bonds. The highest BCUT2D eigenvalue weighted by Gasteiger charge is 2.68. The van der Waals surface area contributed by atoms with Crippen LogP contribution < -0.4 is 16.0 Å². The summed E-state index contributed by atoms with van der Waals surface area (Å²) in [4.78, 5) is 30.1. The van der Waals surface area contributed by atoms with Crippen molar-refractivity contribution in [3.05, 3.63) is 165 Å². The second kappa shape index (κ2) is 18.6. The van der Waals surface area contributed by atoms with E-state index in [0.717, 1.165) is 123 Å². The van der Waals surface area contributed by atoms with E-state index in [1.165, 1.54) is 41.5 Å². The summed E-state index contributed by atoms with van der Waals surface area (Å²) in [5.41, 5.74) is 10.9. The molecule has 8 nitrogen and oxygen atoms in total. The van der Waals surface area contributed by atoms with Gasteiger partial charge in [0.1, 0.15) is 17.3 Å². The molecule has 5 aliphatic heterocycles. The number of carbonyl (C=O) groups is 2. The first-order valence-corrected chi connectivity index (χ1v) is 26.7. The molecular formula is C62H69N3O5. The van der Waals surface area contributed by atoms with Crippen LogP contribution in [0.1, 0.15) is 105 Å². The van der Waals surface area contributed by atoms with Crippen LogP contribution in [0.3, 0.4) is 0 Å². The summed E-state index contributed by atoms with van der Waals surface area (Å²) in [7, 11) is 2.07. The maximum atomic E-state index is 15.1. The summed E-state index contributed by atoms with van der Waals surface area (Å²) in [6, 6.07) is 34.3. The topological polar surface area (TPSA) is 109 Å². The third-order valence-corrected chi connectivity index (χ3v) is 18.6. The first-order chi connectivity index (χ1) is 34.2. The van der Waals surface area contributed by atoms with E-state index in [1.807, 2.05) is 12.1 Å². The number of fused-ring (bicyclic) bond motifs is 5. The molecule has 4 aromatic rings. The Balaban J connectivity index is 1.02. The Labute approximate surface area is 414 Å². The van der Waals surface area contributed by atoms with Crippen LogP contribution in [0.15, 0.2) is 137 Å². The predicted molar refractivity (Wildman–Crippen MR) is 275 cm³/mol. The number of nitrogens with one attached hydrogen (secondary N) is 3. The second-order valence-electron chi connectivity index (χ2n) is 22.3. The first-order valence-electron chi connectivity index (χ1n) is 26.7. The SMILES string of the molecule is CC[C@H](/C=C1\OC(=O)C2=C3c4cc(O)ccc4-c4cccc(c4)CNCCc4cccc(c4)C[C@@H]4CC[C@@]([C@@H]5CCN[C@H](NC)C5)(CC=C5OC(=O)C6=C5CC[C@H]5[C@H]3CC[C@@]21[C@@H]65)C4)Cc1ccccc1. The molecule has 5 aliphatic carbocycles. The Morgan fingerprint density at radius 3 is 2.56 bits per heavy atom. The van der Waals surface area contributed by atoms with Crippen LogP contribution in [-0.4, -0.2) is 43.3 Å². The molecule has 4 aromatic carbocycles. The average Bonchev–Trinajstić information content (AvgIpc) is 4.05. The van der Waals surface area contributed by atoms with E-state index in [0.29, 0.717) is 29.6 Å². The van der Waals surface area contributed by atoms with Crippen molar-refractivity contribution < 1.29 is 24.2 Å². The second-order valence-corrected chi connectivity index (χ2v) is 22.3. The van der Waals surface area contributed by atoms with Gasteiger partial charge in [-0.3, -0.25) is 0 Å². The molecule has 9 atom stereocenters. The molecule has 70 heavy (non-hydrogen) atoms. The number of benzene rings is 4. The fourth-order valence-corrected chi connectivity index (χ4v) is 15.4. The highest BCUT2D eigenvalue weighted by atomic mass is 16.5. The fraction of sp³-hybridized carbons (Fsp3) is 0.452. The Morgan fingerprint density at radius 1 is 0.829 bits per heavy atom. The molecule has 2 saturated carbocycles. The summed E-state index contributed by atoms with van der Waals surface area (Å²) in [6.07, 6.45) is 18.5. The summed E-state index contributed by atoms with van der Waals surface area (Å²) in [5, 5.41) is 22.4. The molecule has 4 fully saturated rings. The first kappa shape index (κ1) is 45.6. The zero-order chi connectivity index (χ0) is 47.6. The maximum Gasteiger partial charge on any atom is 0.340 e. The van der Waals surface area contributed by atoms with E-state index in [4.69, 9.17) is 9.47 Å². The minimum atomic E-state index is -0.847. The van der Waals surface area contributed by atoms with Gasteiger partial charge < -0.3 is 30.5 Å². The Bertz CT molecular complexity index is 2840. The van der Waals surface area contributed by atoms with Crippen LogP contribution in [0.2, 0.25) is 0 Å². The third-order valence-electron chi connectivity index (χ3n) is 18.6. The quantitative estimate of drug-likeness (QED) is 0.142. The van der Waals surface area contributed by atoms with Gasteiger partial charge in [0.25, 0.3) is 0 Å². The Hall–Kier alpha value is -5.54. The molecule has 8 heteroatoms. The predicted octanol–water partition coefficient (Wildman–Crippen LogP) is 11.3. The van der Waals surface area contributed by atoms with Crippen molar-refractivity contribution >= 4 is 17.5 Å². The number of esters is 2. The molecule has 14 bridgehead atoms. The van der Waals surface area contributed by atoms with E-state index >= 15 is 4.79 Å². The van der Waals surface area contributed by atoms with Crippen molar-refractivity contribution in [2.75, 3.05) is 20.1 Å². The molecule has 14 rings (SSSR count). The molecule has 0 aromatic heterocycles. The smallest absolute Gasteiger partial charge is 0.340 e. The van der Waals surface area contributed by atoms with Crippen LogP contribution in [0.4, 0.5) is 0 Å². The summed E-state index contributed by atoms with van der Waals surface area (Å²) < 4.78 is 13.3. The summed E-state index contributed by atoms with van der Waals surface area (Å²) in [5.74, 6) is 2.15. The van der Waals surface area contributed by atoms with E-state index in [-0.39, 0.29) is 52.9 Å². The average molecular weight is 936 g/mol. The molecule has 362 valence electrons. The van der Waals surface area contributed by atoms with E-state index in [9.17, 15) is 9.90 Å². The molecule has 0 unspecified atom stereocenters. The van der Waals surface area contributed by atoms with Gasteiger partial charge in [0, 0.05) is 23.6 Å². The van der Waals surface area contributed by atoms with Crippen LogP contribution in [0.5, 0.6) is 5.75 Å². The standard InChI is InChI=1S/C62H69N3O5/c1-3-38(29-39-9-5-4-6-10-39)33-53-62-26-20-48-49-17-18-50-52(69-59(67)56(50)57(49)62)21-25-61(45-23-28-65-54(34-45)63-2)24-19-42(36-61)31-41-12-7-11-40(30-41)22-27-64-37-43-13-8-14-44(32-43)47-16-15-46(66)35-51(47)55(48)58(62)60(68)70-53/h4-16,21,30,32-33,35,38,42,45,48-49,54,57,63-66H,3,17-20,22-29,31,34,36-37H2,1-2H3/b52-21?,53-33-/t38-,42-,45+,48+,49-,54-,57+,61+,62+/m0/s1. The van der Waals surface area contributed by atoms with Gasteiger partial charge in [0.2, 0.25) is 0 Å². The minimum absolute atomic E-state index is 0.00794. The lowest BCUT2D eigenvalue weighted by Gasteiger charge is -2.56. The molecule has 10 aliphatic rings. The number of hydrogen-bond acceptors (Lipinski definition) is 8. The fourth-order valence-electron chi connectivity index (χ4n) is 15.4. The van der Waals surface area contributed by atoms with E-state index in [1.54, 1.807) is 6.07 Å². The number of phenolic OH excluding ortho intramolecular Hbond substituents is 1. The van der Waals surface area contributed by atoms with Crippen LogP contribution >= 0.6 is 0 Å². The zero-order valence-corrected chi connectivity index (χ0v) is 41.0. The number of ether oxygens (including phenoxy) is 2. The molecule has 4 N–H and O–H groups in total. The van der Waals surface area contributed by atoms with Gasteiger partial charge in [-0.05, 0) is 220 Å². The minimum Gasteiger partial charge on any atom is -0.508 e. The number of hydrogen-bond donors (Lipinski definition) is 4. The van der Waals surface area contributed by atoms with Crippen LogP contribution in [0, 0.1) is 46.3 Å². The third kappa shape index (κ3) is 7.93. The number of allylic oxidation sites excluding steroid dienone is 5. The highest BCUT2D eigenvalue weighted by molar-refractivity contribution is 6.07. The van der Waals surface area contributed by atoms with E-state index in [2.05, 4.69) is 121 Å². The van der Waals surface area contributed by atoms with Gasteiger partial charge in [-0.25, -0.2) is 9.59 Å². The van der Waals surface area contributed by atoms with Crippen LogP contribution in [-0.2, 0) is 44.9 Å². The molecule has 1 spiro atoms. The lowest BCUT2D eigenvalue weighted by molar-refractivity contribution is -0.135. The molecule has 2 saturated heterocycles. The maximum absolute atomic E-state index is 15.1. The van der Waals surface area contributed by atoms with Gasteiger partial charge in [-0.15, -0.1) is 0 Å². The number of carbonyl (C=O) groups excluding carboxylic acids is 2. The summed E-state index contributed by atoms with van der Waals surface area (Å²) >= 11 is 0. The number of piperidine rings is 1. The van der Waals surface area contributed by atoms with Crippen molar-refractivity contribution in [2.24, 2.45) is 46.3 Å². The van der Waals surface area contributed by atoms with Crippen molar-refractivity contribution in [1.29, 1.82) is 0 Å². The van der Waals surface area contributed by atoms with Gasteiger partial charge in [0.05, 0.1) is 17.2 Å². The summed E-state index contributed by atoms with van der Waals surface area (Å²) in [6.45, 7) is 4.81. The lowest BCUT2D eigenvalue weighted by Crippen LogP contribution is -2.52. The van der Waals surface area contributed by atoms with Crippen molar-refractivity contribution in [2.45, 2.75) is 110 Å². The monoisotopic (exact) mass is 936 g/mol. The molecule has 5 heterocycles. The lowest BCUT2D eigenvalue weighted by atomic mass is 9.44. The van der Waals surface area contributed by atoms with Crippen molar-refractivity contribution in [3.8, 4) is 16.9 Å². The van der Waals surface area contributed by atoms with Crippen LogP contribution in [0.25, 0.3) is 16.7 Å². The van der Waals surface area contributed by atoms with Gasteiger partial charge in [-0.2, -0.15) is 0 Å². The zero-order valence-electron chi connectivity index (χ0n) is 41.0. The van der Waals surface area contributed by atoms with Gasteiger partial charge in [-0.1, -0.05) is 85.8 Å². The van der Waals surface area contributed by atoms with Crippen molar-refractivity contribution in [1.82, 2.24) is 16.0 Å². The largest absolute Gasteiger partial charge is 0.508 e. The van der Waals surface area contributed by atoms with E-state index < -0.39 is 5.41 Å². The highest BCUT2D eigenvalue weighted by Crippen LogP contribution is 2.72. The van der Waals surface area contributed by atoms with Gasteiger partial charge >= 0.3 is 11.9 Å². The Morgan fingerprint density at radius 2 is 1.69 bits per heavy atom. The molecular weight excluding hydrogens is 867 g/mol. The number of rotatable bonds is 6. The number of phenols is 1. The number of cyclic esters (lactones) is 1. The van der Waals surface area contributed by atoms with Gasteiger partial charge in [0.15, 0.2) is 0 Å².